The number of nitrogens with zero attached hydrogens (tertiary/aromatic N) is 1. The van der Waals surface area contributed by atoms with Crippen molar-refractivity contribution in [2.45, 2.75) is 52.4 Å². The molecular formula is C17H27FN2O. The molecule has 21 heavy (non-hydrogen) atoms. The summed E-state index contributed by atoms with van der Waals surface area (Å²) in [5.74, 6) is -0.182. The van der Waals surface area contributed by atoms with Crippen molar-refractivity contribution in [2.75, 3.05) is 24.5 Å². The van der Waals surface area contributed by atoms with Crippen LogP contribution >= 0.6 is 0 Å². The first kappa shape index (κ1) is 16.2. The summed E-state index contributed by atoms with van der Waals surface area (Å²) in [6.07, 6.45) is 0. The number of rotatable bonds is 4. The average Bonchev–Trinajstić information content (AvgIpc) is 2.32. The SMILES string of the molecule is CCNCc1cc(F)ccc1N1CC(C)(C)OC(C)(C)C1. The van der Waals surface area contributed by atoms with E-state index < -0.39 is 0 Å². The van der Waals surface area contributed by atoms with Crippen LogP contribution in [0.5, 0.6) is 0 Å². The highest BCUT2D eigenvalue weighted by Crippen LogP contribution is 2.33. The van der Waals surface area contributed by atoms with Crippen LogP contribution in [0.1, 0.15) is 40.2 Å². The van der Waals surface area contributed by atoms with Gasteiger partial charge in [-0.15, -0.1) is 0 Å². The molecule has 1 saturated heterocycles. The fourth-order valence-electron chi connectivity index (χ4n) is 3.22. The average molecular weight is 294 g/mol. The molecule has 1 aromatic rings. The molecule has 1 N–H and O–H groups in total. The molecule has 0 spiro atoms. The Morgan fingerprint density at radius 1 is 1.19 bits per heavy atom. The van der Waals surface area contributed by atoms with Crippen molar-refractivity contribution in [1.82, 2.24) is 5.32 Å². The summed E-state index contributed by atoms with van der Waals surface area (Å²) in [6.45, 7) is 13.6. The Hall–Kier alpha value is -1.13. The van der Waals surface area contributed by atoms with E-state index >= 15 is 0 Å². The number of ether oxygens (including phenoxy) is 1. The van der Waals surface area contributed by atoms with Gasteiger partial charge in [-0.2, -0.15) is 0 Å². The molecule has 1 aliphatic rings. The van der Waals surface area contributed by atoms with Gasteiger partial charge in [0.15, 0.2) is 0 Å². The summed E-state index contributed by atoms with van der Waals surface area (Å²) in [5.41, 5.74) is 1.67. The van der Waals surface area contributed by atoms with Gasteiger partial charge >= 0.3 is 0 Å². The molecule has 1 aliphatic heterocycles. The molecule has 3 nitrogen and oxygen atoms in total. The van der Waals surface area contributed by atoms with Crippen LogP contribution in [0.3, 0.4) is 0 Å². The first-order chi connectivity index (χ1) is 9.72. The minimum absolute atomic E-state index is 0.182. The second kappa shape index (κ2) is 5.93. The lowest BCUT2D eigenvalue weighted by molar-refractivity contribution is -0.133. The first-order valence-corrected chi connectivity index (χ1v) is 7.67. The van der Waals surface area contributed by atoms with E-state index in [1.807, 2.05) is 6.07 Å². The van der Waals surface area contributed by atoms with Crippen LogP contribution in [0.4, 0.5) is 10.1 Å². The predicted octanol–water partition coefficient (Wildman–Crippen LogP) is 3.33. The molecule has 4 heteroatoms. The van der Waals surface area contributed by atoms with Gasteiger partial charge in [-0.3, -0.25) is 0 Å². The lowest BCUT2D eigenvalue weighted by Gasteiger charge is -2.48. The minimum Gasteiger partial charge on any atom is -0.366 e. The van der Waals surface area contributed by atoms with Crippen LogP contribution in [0.2, 0.25) is 0 Å². The zero-order valence-electron chi connectivity index (χ0n) is 13.8. The molecule has 0 atom stereocenters. The fourth-order valence-corrected chi connectivity index (χ4v) is 3.22. The third-order valence-electron chi connectivity index (χ3n) is 3.64. The van der Waals surface area contributed by atoms with E-state index in [9.17, 15) is 4.39 Å². The van der Waals surface area contributed by atoms with Crippen molar-refractivity contribution < 1.29 is 9.13 Å². The van der Waals surface area contributed by atoms with Crippen LogP contribution in [-0.2, 0) is 11.3 Å². The van der Waals surface area contributed by atoms with Crippen molar-refractivity contribution >= 4 is 5.69 Å². The molecule has 0 radical (unpaired) electrons. The highest BCUT2D eigenvalue weighted by molar-refractivity contribution is 5.55. The van der Waals surface area contributed by atoms with E-state index in [4.69, 9.17) is 4.74 Å². The van der Waals surface area contributed by atoms with E-state index in [-0.39, 0.29) is 17.0 Å². The summed E-state index contributed by atoms with van der Waals surface area (Å²) in [4.78, 5) is 2.32. The molecule has 2 rings (SSSR count). The molecule has 1 fully saturated rings. The first-order valence-electron chi connectivity index (χ1n) is 7.67. The Morgan fingerprint density at radius 3 is 2.38 bits per heavy atom. The molecule has 118 valence electrons. The van der Waals surface area contributed by atoms with Crippen LogP contribution in [0.15, 0.2) is 18.2 Å². The number of benzene rings is 1. The van der Waals surface area contributed by atoms with Crippen molar-refractivity contribution in [3.8, 4) is 0 Å². The number of halogens is 1. The Kier molecular flexibility index (Phi) is 4.59. The van der Waals surface area contributed by atoms with Gasteiger partial charge < -0.3 is 15.0 Å². The Bertz CT molecular complexity index is 484. The molecular weight excluding hydrogens is 267 g/mol. The van der Waals surface area contributed by atoms with E-state index in [1.54, 1.807) is 12.1 Å². The number of anilines is 1. The maximum absolute atomic E-state index is 13.6. The second-order valence-corrected chi connectivity index (χ2v) is 7.03. The van der Waals surface area contributed by atoms with Gasteiger partial charge in [-0.05, 0) is 58.0 Å². The summed E-state index contributed by atoms with van der Waals surface area (Å²) in [5, 5.41) is 3.29. The van der Waals surface area contributed by atoms with Crippen LogP contribution in [0, 0.1) is 5.82 Å². The number of hydrogen-bond acceptors (Lipinski definition) is 3. The Labute approximate surface area is 127 Å². The van der Waals surface area contributed by atoms with Crippen molar-refractivity contribution in [2.24, 2.45) is 0 Å². The largest absolute Gasteiger partial charge is 0.366 e. The third kappa shape index (κ3) is 4.17. The van der Waals surface area contributed by atoms with E-state index in [0.29, 0.717) is 6.54 Å². The van der Waals surface area contributed by atoms with Crippen LogP contribution in [0.25, 0.3) is 0 Å². The molecule has 0 bridgehead atoms. The van der Waals surface area contributed by atoms with Gasteiger partial charge in [0.2, 0.25) is 0 Å². The molecule has 1 aromatic carbocycles. The molecule has 0 unspecified atom stereocenters. The zero-order valence-corrected chi connectivity index (χ0v) is 13.8. The van der Waals surface area contributed by atoms with Gasteiger partial charge in [0.1, 0.15) is 5.82 Å². The third-order valence-corrected chi connectivity index (χ3v) is 3.64. The quantitative estimate of drug-likeness (QED) is 0.922. The smallest absolute Gasteiger partial charge is 0.123 e. The Morgan fingerprint density at radius 2 is 1.81 bits per heavy atom. The molecule has 0 saturated carbocycles. The van der Waals surface area contributed by atoms with Gasteiger partial charge in [0.05, 0.1) is 11.2 Å². The summed E-state index contributed by atoms with van der Waals surface area (Å²) < 4.78 is 19.7. The van der Waals surface area contributed by atoms with Gasteiger partial charge in [-0.1, -0.05) is 6.92 Å². The number of morpholine rings is 1. The number of nitrogens with one attached hydrogen (secondary N) is 1. The fraction of sp³-hybridized carbons (Fsp3) is 0.647. The summed E-state index contributed by atoms with van der Waals surface area (Å²) in [6, 6.07) is 5.06. The predicted molar refractivity (Wildman–Crippen MR) is 85.2 cm³/mol. The topological polar surface area (TPSA) is 24.5 Å². The zero-order chi connectivity index (χ0) is 15.7. The minimum atomic E-state index is -0.217. The van der Waals surface area contributed by atoms with Crippen LogP contribution in [-0.4, -0.2) is 30.8 Å². The molecule has 0 aromatic heterocycles. The monoisotopic (exact) mass is 294 g/mol. The highest BCUT2D eigenvalue weighted by atomic mass is 19.1. The molecule has 0 amide bonds. The van der Waals surface area contributed by atoms with Gasteiger partial charge in [-0.25, -0.2) is 4.39 Å². The Balaban J connectivity index is 2.31. The molecule has 0 aliphatic carbocycles. The summed E-state index contributed by atoms with van der Waals surface area (Å²) in [7, 11) is 0. The summed E-state index contributed by atoms with van der Waals surface area (Å²) >= 11 is 0. The molecule has 1 heterocycles. The standard InChI is InChI=1S/C17H27FN2O/c1-6-19-10-13-9-14(18)7-8-15(13)20-11-16(2,3)21-17(4,5)12-20/h7-9,19H,6,10-12H2,1-5H3. The van der Waals surface area contributed by atoms with Crippen molar-refractivity contribution in [3.05, 3.63) is 29.6 Å². The normalized spacial score (nSPS) is 20.6. The van der Waals surface area contributed by atoms with E-state index in [0.717, 1.165) is 30.9 Å². The maximum atomic E-state index is 13.6. The van der Waals surface area contributed by atoms with Crippen molar-refractivity contribution in [3.63, 3.8) is 0 Å². The lowest BCUT2D eigenvalue weighted by Crippen LogP contribution is -2.57. The number of hydrogen-bond donors (Lipinski definition) is 1. The van der Waals surface area contributed by atoms with Gasteiger partial charge in [0.25, 0.3) is 0 Å². The van der Waals surface area contributed by atoms with Crippen LogP contribution < -0.4 is 10.2 Å². The second-order valence-electron chi connectivity index (χ2n) is 7.03. The lowest BCUT2D eigenvalue weighted by atomic mass is 9.97. The van der Waals surface area contributed by atoms with E-state index in [2.05, 4.69) is 44.8 Å². The highest BCUT2D eigenvalue weighted by Gasteiger charge is 2.38. The van der Waals surface area contributed by atoms with Crippen molar-refractivity contribution in [1.29, 1.82) is 0 Å². The van der Waals surface area contributed by atoms with Gasteiger partial charge in [0, 0.05) is 25.3 Å². The van der Waals surface area contributed by atoms with E-state index in [1.165, 1.54) is 0 Å². The maximum Gasteiger partial charge on any atom is 0.123 e.